The molecule has 0 aromatic heterocycles. The van der Waals surface area contributed by atoms with Crippen molar-refractivity contribution >= 4 is 35.5 Å². The number of aliphatic hydroxyl groups excluding tert-OH is 1. The van der Waals surface area contributed by atoms with Crippen molar-refractivity contribution in [1.29, 1.82) is 0 Å². The van der Waals surface area contributed by atoms with Gasteiger partial charge in [0.1, 0.15) is 23.7 Å². The average Bonchev–Trinajstić information content (AvgIpc) is 2.70. The molecule has 2 aliphatic rings. The van der Waals surface area contributed by atoms with Crippen LogP contribution in [0.4, 0.5) is 0 Å². The van der Waals surface area contributed by atoms with Crippen LogP contribution in [-0.4, -0.2) is 62.6 Å². The molecule has 0 unspecified atom stereocenters. The van der Waals surface area contributed by atoms with E-state index < -0.39 is 29.3 Å². The number of carbonyl (C=O) groups excluding carboxylic acids is 3. The lowest BCUT2D eigenvalue weighted by Crippen LogP contribution is -2.70. The summed E-state index contributed by atoms with van der Waals surface area (Å²) in [5.41, 5.74) is 1.62. The van der Waals surface area contributed by atoms with Crippen molar-refractivity contribution in [2.24, 2.45) is 0 Å². The van der Waals surface area contributed by atoms with Crippen LogP contribution in [0.15, 0.2) is 35.5 Å². The third-order valence-corrected chi connectivity index (χ3v) is 5.93. The summed E-state index contributed by atoms with van der Waals surface area (Å²) in [4.78, 5) is 48.7. The van der Waals surface area contributed by atoms with Gasteiger partial charge in [-0.3, -0.25) is 19.3 Å². The fourth-order valence-electron chi connectivity index (χ4n) is 3.16. The zero-order valence-corrected chi connectivity index (χ0v) is 16.4. The standard InChI is InChI=1S/C19H20N2O7S/c1-10(23)28-8-13-9-29-18-15(17(25)21(18)16(13)19(26)27)20-14(24)6-11-2-4-12(7-22)5-3-11/h2-5,15,18,22H,6-9H2,1H3,(H,20,24)(H,26,27)/t15-,18-/m1/s1. The number of rotatable bonds is 7. The van der Waals surface area contributed by atoms with E-state index in [-0.39, 0.29) is 37.0 Å². The summed E-state index contributed by atoms with van der Waals surface area (Å²) in [5.74, 6) is -2.41. The zero-order chi connectivity index (χ0) is 21.1. The summed E-state index contributed by atoms with van der Waals surface area (Å²) in [5, 5.41) is 20.7. The van der Waals surface area contributed by atoms with E-state index in [4.69, 9.17) is 9.84 Å². The Morgan fingerprint density at radius 2 is 1.90 bits per heavy atom. The normalized spacial score (nSPS) is 20.6. The van der Waals surface area contributed by atoms with E-state index in [1.807, 2.05) is 0 Å². The van der Waals surface area contributed by atoms with Crippen molar-refractivity contribution < 1.29 is 34.1 Å². The molecule has 2 amide bonds. The summed E-state index contributed by atoms with van der Waals surface area (Å²) in [6.45, 7) is 0.940. The molecule has 1 aromatic carbocycles. The molecule has 0 radical (unpaired) electrons. The lowest BCUT2D eigenvalue weighted by molar-refractivity contribution is -0.151. The number of benzene rings is 1. The molecule has 2 aliphatic heterocycles. The van der Waals surface area contributed by atoms with E-state index in [1.54, 1.807) is 24.3 Å². The second-order valence-electron chi connectivity index (χ2n) is 6.64. The van der Waals surface area contributed by atoms with Gasteiger partial charge >= 0.3 is 11.9 Å². The number of aliphatic carboxylic acids is 1. The fourth-order valence-corrected chi connectivity index (χ4v) is 4.48. The Hall–Kier alpha value is -2.85. The van der Waals surface area contributed by atoms with Crippen molar-refractivity contribution in [3.05, 3.63) is 46.7 Å². The van der Waals surface area contributed by atoms with Crippen LogP contribution in [0.3, 0.4) is 0 Å². The van der Waals surface area contributed by atoms with Crippen LogP contribution in [0.25, 0.3) is 0 Å². The predicted molar refractivity (Wildman–Crippen MR) is 102 cm³/mol. The van der Waals surface area contributed by atoms with Gasteiger partial charge in [0.15, 0.2) is 0 Å². The lowest BCUT2D eigenvalue weighted by atomic mass is 10.0. The summed E-state index contributed by atoms with van der Waals surface area (Å²) >= 11 is 1.31. The van der Waals surface area contributed by atoms with E-state index in [0.29, 0.717) is 5.57 Å². The predicted octanol–water partition coefficient (Wildman–Crippen LogP) is 0.0231. The number of hydrogen-bond donors (Lipinski definition) is 3. The van der Waals surface area contributed by atoms with Gasteiger partial charge in [-0.25, -0.2) is 4.79 Å². The van der Waals surface area contributed by atoms with Gasteiger partial charge in [-0.05, 0) is 11.1 Å². The monoisotopic (exact) mass is 420 g/mol. The molecular weight excluding hydrogens is 400 g/mol. The number of thioether (sulfide) groups is 1. The Morgan fingerprint density at radius 3 is 2.48 bits per heavy atom. The largest absolute Gasteiger partial charge is 0.477 e. The van der Waals surface area contributed by atoms with Gasteiger partial charge in [0.05, 0.1) is 13.0 Å². The molecule has 0 aliphatic carbocycles. The first kappa shape index (κ1) is 20.9. The first-order valence-corrected chi connectivity index (χ1v) is 9.88. The first-order chi connectivity index (χ1) is 13.8. The second-order valence-corrected chi connectivity index (χ2v) is 7.75. The molecule has 1 fully saturated rings. The van der Waals surface area contributed by atoms with Crippen molar-refractivity contribution in [2.75, 3.05) is 12.4 Å². The maximum Gasteiger partial charge on any atom is 0.352 e. The molecule has 0 saturated carbocycles. The highest BCUT2D eigenvalue weighted by Crippen LogP contribution is 2.40. The smallest absolute Gasteiger partial charge is 0.352 e. The molecule has 2 heterocycles. The van der Waals surface area contributed by atoms with E-state index in [2.05, 4.69) is 5.32 Å². The number of aliphatic hydroxyl groups is 1. The molecule has 3 N–H and O–H groups in total. The van der Waals surface area contributed by atoms with Crippen LogP contribution < -0.4 is 5.32 Å². The van der Waals surface area contributed by atoms with Crippen LogP contribution in [-0.2, 0) is 36.9 Å². The Labute approximate surface area is 170 Å². The van der Waals surface area contributed by atoms with Gasteiger partial charge in [-0.15, -0.1) is 11.8 Å². The summed E-state index contributed by atoms with van der Waals surface area (Å²) in [6, 6.07) is 6.06. The molecular formula is C19H20N2O7S. The zero-order valence-electron chi connectivity index (χ0n) is 15.6. The summed E-state index contributed by atoms with van der Waals surface area (Å²) in [7, 11) is 0. The number of hydrogen-bond acceptors (Lipinski definition) is 7. The number of nitrogens with zero attached hydrogens (tertiary/aromatic N) is 1. The summed E-state index contributed by atoms with van der Waals surface area (Å²) in [6.07, 6.45) is 0.0617. The molecule has 29 heavy (non-hydrogen) atoms. The topological polar surface area (TPSA) is 133 Å². The van der Waals surface area contributed by atoms with Crippen LogP contribution in [0.2, 0.25) is 0 Å². The van der Waals surface area contributed by atoms with Gasteiger partial charge in [0, 0.05) is 18.2 Å². The number of carboxylic acids is 1. The Balaban J connectivity index is 1.66. The minimum atomic E-state index is -1.28. The van der Waals surface area contributed by atoms with Gasteiger partial charge < -0.3 is 20.3 Å². The number of esters is 1. The molecule has 154 valence electrons. The van der Waals surface area contributed by atoms with Gasteiger partial charge in [0.25, 0.3) is 5.91 Å². The van der Waals surface area contributed by atoms with Crippen LogP contribution in [0.5, 0.6) is 0 Å². The van der Waals surface area contributed by atoms with Gasteiger partial charge in [-0.2, -0.15) is 0 Å². The number of carbonyl (C=O) groups is 4. The molecule has 1 saturated heterocycles. The number of amides is 2. The maximum atomic E-state index is 12.5. The Bertz CT molecular complexity index is 881. The van der Waals surface area contributed by atoms with E-state index in [0.717, 1.165) is 16.0 Å². The molecule has 1 aromatic rings. The first-order valence-electron chi connectivity index (χ1n) is 8.83. The molecule has 10 heteroatoms. The number of β-lactam (4-membered cyclic amide) rings is 1. The fraction of sp³-hybridized carbons (Fsp3) is 0.368. The molecule has 9 nitrogen and oxygen atoms in total. The average molecular weight is 420 g/mol. The molecule has 2 atom stereocenters. The number of carboxylic acid groups (broad SMARTS) is 1. The molecule has 0 spiro atoms. The highest BCUT2D eigenvalue weighted by atomic mass is 32.2. The van der Waals surface area contributed by atoms with Crippen molar-refractivity contribution in [2.45, 2.75) is 31.4 Å². The third-order valence-electron chi connectivity index (χ3n) is 4.59. The maximum absolute atomic E-state index is 12.5. The molecule has 3 rings (SSSR count). The SMILES string of the molecule is CC(=O)OCC1=C(C(=O)O)N2C(=O)[C@@H](NC(=O)Cc3ccc(CO)cc3)[C@H]2SC1. The van der Waals surface area contributed by atoms with Crippen LogP contribution >= 0.6 is 11.8 Å². The van der Waals surface area contributed by atoms with E-state index >= 15 is 0 Å². The van der Waals surface area contributed by atoms with E-state index in [9.17, 15) is 24.3 Å². The minimum absolute atomic E-state index is 0.0617. The van der Waals surface area contributed by atoms with Crippen LogP contribution in [0, 0.1) is 0 Å². The minimum Gasteiger partial charge on any atom is -0.477 e. The number of nitrogens with one attached hydrogen (secondary N) is 1. The van der Waals surface area contributed by atoms with Crippen LogP contribution in [0.1, 0.15) is 18.1 Å². The highest BCUT2D eigenvalue weighted by Gasteiger charge is 2.54. The summed E-state index contributed by atoms with van der Waals surface area (Å²) < 4.78 is 4.88. The van der Waals surface area contributed by atoms with Crippen molar-refractivity contribution in [1.82, 2.24) is 10.2 Å². The van der Waals surface area contributed by atoms with Crippen molar-refractivity contribution in [3.8, 4) is 0 Å². The van der Waals surface area contributed by atoms with Gasteiger partial charge in [0.2, 0.25) is 5.91 Å². The molecule has 0 bridgehead atoms. The quantitative estimate of drug-likeness (QED) is 0.415. The Kier molecular flexibility index (Phi) is 6.23. The van der Waals surface area contributed by atoms with E-state index in [1.165, 1.54) is 18.7 Å². The number of ether oxygens (including phenoxy) is 1. The lowest BCUT2D eigenvalue weighted by Gasteiger charge is -2.49. The van der Waals surface area contributed by atoms with Gasteiger partial charge in [-0.1, -0.05) is 24.3 Å². The highest BCUT2D eigenvalue weighted by molar-refractivity contribution is 8.00. The Morgan fingerprint density at radius 1 is 1.24 bits per heavy atom. The third kappa shape index (κ3) is 4.43. The number of fused-ring (bicyclic) bond motifs is 1. The second kappa shape index (κ2) is 8.66. The van der Waals surface area contributed by atoms with Crippen molar-refractivity contribution in [3.63, 3.8) is 0 Å².